The molecule has 4 heteroatoms. The second-order valence-electron chi connectivity index (χ2n) is 5.92. The summed E-state index contributed by atoms with van der Waals surface area (Å²) >= 11 is 0. The van der Waals surface area contributed by atoms with Gasteiger partial charge in [0.15, 0.2) is 0 Å². The molecule has 1 atom stereocenters. The number of nitrogens with two attached hydrogens (primary N) is 1. The first kappa shape index (κ1) is 14.9. The minimum absolute atomic E-state index is 0.288. The number of primary amides is 1. The number of hydrogen-bond donors (Lipinski definition) is 2. The summed E-state index contributed by atoms with van der Waals surface area (Å²) in [5.74, 6) is 1.01. The number of fused-ring (bicyclic) bond motifs is 1. The Morgan fingerprint density at radius 3 is 2.85 bits per heavy atom. The first-order valence-electron chi connectivity index (χ1n) is 7.22. The molecule has 1 unspecified atom stereocenters. The number of carbonyl (C=O) groups is 1. The van der Waals surface area contributed by atoms with Gasteiger partial charge < -0.3 is 10.5 Å². The lowest BCUT2D eigenvalue weighted by molar-refractivity contribution is -0.125. The summed E-state index contributed by atoms with van der Waals surface area (Å²) < 4.78 is 5.27. The lowest BCUT2D eigenvalue weighted by Crippen LogP contribution is -2.55. The third-order valence-corrected chi connectivity index (χ3v) is 4.00. The number of methoxy groups -OCH3 is 1. The second-order valence-corrected chi connectivity index (χ2v) is 5.92. The van der Waals surface area contributed by atoms with Crippen LogP contribution < -0.4 is 15.8 Å². The summed E-state index contributed by atoms with van der Waals surface area (Å²) in [5.41, 5.74) is 7.18. The average Bonchev–Trinajstić information content (AvgIpc) is 2.43. The maximum absolute atomic E-state index is 12.1. The van der Waals surface area contributed by atoms with Gasteiger partial charge in [-0.3, -0.25) is 10.1 Å². The minimum Gasteiger partial charge on any atom is -0.497 e. The van der Waals surface area contributed by atoms with Crippen molar-refractivity contribution in [3.8, 4) is 5.75 Å². The Kier molecular flexibility index (Phi) is 4.33. The molecule has 1 aliphatic carbocycles. The van der Waals surface area contributed by atoms with E-state index >= 15 is 0 Å². The first-order valence-corrected chi connectivity index (χ1v) is 7.22. The van der Waals surface area contributed by atoms with Crippen molar-refractivity contribution in [1.82, 2.24) is 5.32 Å². The van der Waals surface area contributed by atoms with E-state index in [-0.39, 0.29) is 5.91 Å². The van der Waals surface area contributed by atoms with E-state index in [0.29, 0.717) is 5.92 Å². The number of nitrogens with one attached hydrogen (secondary N) is 1. The van der Waals surface area contributed by atoms with Crippen LogP contribution in [0.5, 0.6) is 5.75 Å². The SMILES string of the molecule is COc1ccc2c(c1)CCCC2(NCC(C)C)C(N)=O. The van der Waals surface area contributed by atoms with Crippen molar-refractivity contribution in [3.05, 3.63) is 29.3 Å². The Bertz CT molecular complexity index is 499. The molecule has 4 nitrogen and oxygen atoms in total. The molecular formula is C16H24N2O2. The molecule has 0 heterocycles. The molecule has 1 aromatic rings. The third kappa shape index (κ3) is 2.66. The topological polar surface area (TPSA) is 64.3 Å². The van der Waals surface area contributed by atoms with Gasteiger partial charge in [0.1, 0.15) is 11.3 Å². The van der Waals surface area contributed by atoms with Crippen LogP contribution in [0.2, 0.25) is 0 Å². The van der Waals surface area contributed by atoms with E-state index in [1.807, 2.05) is 18.2 Å². The lowest BCUT2D eigenvalue weighted by atomic mass is 9.75. The number of aryl methyl sites for hydroxylation is 1. The molecule has 0 saturated carbocycles. The monoisotopic (exact) mass is 276 g/mol. The van der Waals surface area contributed by atoms with Crippen molar-refractivity contribution in [3.63, 3.8) is 0 Å². The molecule has 20 heavy (non-hydrogen) atoms. The Morgan fingerprint density at radius 1 is 1.50 bits per heavy atom. The van der Waals surface area contributed by atoms with Crippen molar-refractivity contribution >= 4 is 5.91 Å². The summed E-state index contributed by atoms with van der Waals surface area (Å²) in [7, 11) is 1.66. The maximum Gasteiger partial charge on any atom is 0.242 e. The summed E-state index contributed by atoms with van der Waals surface area (Å²) in [6, 6.07) is 5.90. The van der Waals surface area contributed by atoms with E-state index in [2.05, 4.69) is 19.2 Å². The van der Waals surface area contributed by atoms with Gasteiger partial charge in [-0.2, -0.15) is 0 Å². The molecule has 0 fully saturated rings. The van der Waals surface area contributed by atoms with Gasteiger partial charge in [-0.1, -0.05) is 19.9 Å². The van der Waals surface area contributed by atoms with Crippen LogP contribution in [0.3, 0.4) is 0 Å². The molecule has 3 N–H and O–H groups in total. The quantitative estimate of drug-likeness (QED) is 0.864. The highest BCUT2D eigenvalue weighted by Gasteiger charge is 2.41. The normalized spacial score (nSPS) is 21.6. The Balaban J connectivity index is 2.42. The number of amides is 1. The van der Waals surface area contributed by atoms with Crippen LogP contribution in [-0.2, 0) is 16.8 Å². The fraction of sp³-hybridized carbons (Fsp3) is 0.562. The van der Waals surface area contributed by atoms with E-state index in [4.69, 9.17) is 10.5 Å². The fourth-order valence-electron chi connectivity index (χ4n) is 2.90. The third-order valence-electron chi connectivity index (χ3n) is 4.00. The van der Waals surface area contributed by atoms with E-state index in [1.165, 1.54) is 0 Å². The standard InChI is InChI=1S/C16H24N2O2/c1-11(2)10-18-16(15(17)19)8-4-5-12-9-13(20-3)6-7-14(12)16/h6-7,9,11,18H,4-5,8,10H2,1-3H3,(H2,17,19). The van der Waals surface area contributed by atoms with Gasteiger partial charge in [-0.25, -0.2) is 0 Å². The van der Waals surface area contributed by atoms with E-state index < -0.39 is 5.54 Å². The van der Waals surface area contributed by atoms with Gasteiger partial charge in [-0.15, -0.1) is 0 Å². The van der Waals surface area contributed by atoms with E-state index in [0.717, 1.165) is 42.7 Å². The lowest BCUT2D eigenvalue weighted by Gasteiger charge is -2.38. The number of rotatable bonds is 5. The smallest absolute Gasteiger partial charge is 0.242 e. The highest BCUT2D eigenvalue weighted by atomic mass is 16.5. The second kappa shape index (κ2) is 5.83. The molecule has 110 valence electrons. The Morgan fingerprint density at radius 2 is 2.25 bits per heavy atom. The van der Waals surface area contributed by atoms with Crippen LogP contribution in [-0.4, -0.2) is 19.6 Å². The molecule has 0 saturated heterocycles. The molecule has 0 aromatic heterocycles. The summed E-state index contributed by atoms with van der Waals surface area (Å²) in [5, 5.41) is 3.41. The largest absolute Gasteiger partial charge is 0.497 e. The molecule has 1 aromatic carbocycles. The predicted molar refractivity (Wildman–Crippen MR) is 79.6 cm³/mol. The molecule has 0 spiro atoms. The molecule has 2 rings (SSSR count). The Labute approximate surface area is 120 Å². The predicted octanol–water partition coefficient (Wildman–Crippen LogP) is 1.96. The molecule has 1 aliphatic rings. The maximum atomic E-state index is 12.1. The van der Waals surface area contributed by atoms with Crippen molar-refractivity contribution < 1.29 is 9.53 Å². The van der Waals surface area contributed by atoms with Gasteiger partial charge in [0, 0.05) is 0 Å². The number of benzene rings is 1. The van der Waals surface area contributed by atoms with Gasteiger partial charge in [-0.05, 0) is 55.0 Å². The molecular weight excluding hydrogens is 252 g/mol. The molecule has 0 radical (unpaired) electrons. The van der Waals surface area contributed by atoms with Crippen molar-refractivity contribution in [2.75, 3.05) is 13.7 Å². The van der Waals surface area contributed by atoms with Crippen LogP contribution >= 0.6 is 0 Å². The van der Waals surface area contributed by atoms with Gasteiger partial charge in [0.05, 0.1) is 7.11 Å². The summed E-state index contributed by atoms with van der Waals surface area (Å²) in [4.78, 5) is 12.1. The van der Waals surface area contributed by atoms with Crippen LogP contribution in [0.1, 0.15) is 37.8 Å². The Hall–Kier alpha value is -1.55. The molecule has 1 amide bonds. The van der Waals surface area contributed by atoms with Crippen LogP contribution in [0.15, 0.2) is 18.2 Å². The molecule has 0 aliphatic heterocycles. The van der Waals surface area contributed by atoms with Crippen LogP contribution in [0.25, 0.3) is 0 Å². The van der Waals surface area contributed by atoms with Crippen molar-refractivity contribution in [1.29, 1.82) is 0 Å². The van der Waals surface area contributed by atoms with Gasteiger partial charge in [0.2, 0.25) is 5.91 Å². The number of hydrogen-bond acceptors (Lipinski definition) is 3. The highest BCUT2D eigenvalue weighted by molar-refractivity contribution is 5.87. The van der Waals surface area contributed by atoms with E-state index in [9.17, 15) is 4.79 Å². The van der Waals surface area contributed by atoms with Crippen molar-refractivity contribution in [2.24, 2.45) is 11.7 Å². The highest BCUT2D eigenvalue weighted by Crippen LogP contribution is 2.37. The van der Waals surface area contributed by atoms with Crippen LogP contribution in [0, 0.1) is 5.92 Å². The first-order chi connectivity index (χ1) is 9.49. The van der Waals surface area contributed by atoms with Crippen molar-refractivity contribution in [2.45, 2.75) is 38.6 Å². The zero-order chi connectivity index (χ0) is 14.8. The zero-order valence-corrected chi connectivity index (χ0v) is 12.5. The minimum atomic E-state index is -0.732. The summed E-state index contributed by atoms with van der Waals surface area (Å²) in [6.45, 7) is 5.02. The average molecular weight is 276 g/mol. The molecule has 0 bridgehead atoms. The van der Waals surface area contributed by atoms with Gasteiger partial charge in [0.25, 0.3) is 0 Å². The number of carbonyl (C=O) groups excluding carboxylic acids is 1. The zero-order valence-electron chi connectivity index (χ0n) is 12.5. The van der Waals surface area contributed by atoms with Gasteiger partial charge >= 0.3 is 0 Å². The number of ether oxygens (including phenoxy) is 1. The summed E-state index contributed by atoms with van der Waals surface area (Å²) in [6.07, 6.45) is 2.67. The fourth-order valence-corrected chi connectivity index (χ4v) is 2.90. The van der Waals surface area contributed by atoms with Crippen LogP contribution in [0.4, 0.5) is 0 Å². The van der Waals surface area contributed by atoms with E-state index in [1.54, 1.807) is 7.11 Å².